The molecule has 1 rings (SSSR count). The fourth-order valence-electron chi connectivity index (χ4n) is 1.56. The highest BCUT2D eigenvalue weighted by atomic mass is 32.2. The molecule has 1 atom stereocenters. The van der Waals surface area contributed by atoms with Crippen LogP contribution in [0.1, 0.15) is 13.8 Å². The molecule has 16 heavy (non-hydrogen) atoms. The monoisotopic (exact) mass is 247 g/mol. The Hall–Kier alpha value is -0.920. The van der Waals surface area contributed by atoms with Gasteiger partial charge in [0, 0.05) is 25.9 Å². The van der Waals surface area contributed by atoms with Crippen molar-refractivity contribution in [3.8, 4) is 0 Å². The maximum atomic E-state index is 12.2. The quantitative estimate of drug-likeness (QED) is 0.792. The molecule has 0 aliphatic rings. The van der Waals surface area contributed by atoms with E-state index in [-0.39, 0.29) is 10.9 Å². The van der Waals surface area contributed by atoms with Crippen LogP contribution in [0.25, 0.3) is 0 Å². The summed E-state index contributed by atoms with van der Waals surface area (Å²) in [6.07, 6.45) is 2.68. The van der Waals surface area contributed by atoms with Crippen LogP contribution in [0.5, 0.6) is 0 Å². The Labute approximate surface area is 95.7 Å². The van der Waals surface area contributed by atoms with Crippen LogP contribution in [0.4, 0.5) is 0 Å². The van der Waals surface area contributed by atoms with Crippen LogP contribution in [0.3, 0.4) is 0 Å². The summed E-state index contributed by atoms with van der Waals surface area (Å²) in [7, 11) is -1.92. The van der Waals surface area contributed by atoms with Crippen LogP contribution >= 0.6 is 0 Å². The molecule has 0 radical (unpaired) electrons. The molecule has 1 aromatic rings. The van der Waals surface area contributed by atoms with Crippen molar-refractivity contribution >= 4 is 10.0 Å². The van der Waals surface area contributed by atoms with Crippen LogP contribution < -0.4 is 0 Å². The zero-order valence-electron chi connectivity index (χ0n) is 9.67. The number of nitrogens with one attached hydrogen (secondary N) is 1. The number of likely N-dealkylation sites (N-methyl/N-ethyl adjacent to an activating group) is 1. The zero-order valence-corrected chi connectivity index (χ0v) is 10.5. The highest BCUT2D eigenvalue weighted by Gasteiger charge is 2.28. The molecule has 92 valence electrons. The fourth-order valence-corrected chi connectivity index (χ4v) is 3.09. The van der Waals surface area contributed by atoms with Crippen molar-refractivity contribution in [3.63, 3.8) is 0 Å². The van der Waals surface area contributed by atoms with Crippen molar-refractivity contribution in [1.29, 1.82) is 0 Å². The molecular weight excluding hydrogens is 230 g/mol. The minimum absolute atomic E-state index is 0.178. The molecule has 0 saturated carbocycles. The molecule has 7 heteroatoms. The summed E-state index contributed by atoms with van der Waals surface area (Å²) in [6.45, 7) is 4.37. The smallest absolute Gasteiger partial charge is 0.246 e. The van der Waals surface area contributed by atoms with Gasteiger partial charge in [-0.3, -0.25) is 5.10 Å². The molecular formula is C9H17N3O3S. The third kappa shape index (κ3) is 2.60. The Morgan fingerprint density at radius 2 is 2.31 bits per heavy atom. The lowest BCUT2D eigenvalue weighted by molar-refractivity contribution is 0.142. The topological polar surface area (TPSA) is 75.3 Å². The van der Waals surface area contributed by atoms with Gasteiger partial charge < -0.3 is 4.74 Å². The van der Waals surface area contributed by atoms with Gasteiger partial charge in [0.25, 0.3) is 0 Å². The summed E-state index contributed by atoms with van der Waals surface area (Å²) in [4.78, 5) is 0.178. The van der Waals surface area contributed by atoms with E-state index in [9.17, 15) is 8.42 Å². The van der Waals surface area contributed by atoms with Crippen LogP contribution in [0.2, 0.25) is 0 Å². The maximum absolute atomic E-state index is 12.2. The predicted molar refractivity (Wildman–Crippen MR) is 59.5 cm³/mol. The van der Waals surface area contributed by atoms with Crippen LogP contribution in [-0.2, 0) is 14.8 Å². The van der Waals surface area contributed by atoms with Gasteiger partial charge in [-0.1, -0.05) is 6.92 Å². The summed E-state index contributed by atoms with van der Waals surface area (Å²) in [5.41, 5.74) is 0. The Balaban J connectivity index is 2.96. The van der Waals surface area contributed by atoms with Crippen LogP contribution in [0.15, 0.2) is 17.3 Å². The zero-order chi connectivity index (χ0) is 12.2. The van der Waals surface area contributed by atoms with E-state index in [0.29, 0.717) is 13.2 Å². The molecule has 1 heterocycles. The first kappa shape index (κ1) is 13.1. The number of hydrogen-bond donors (Lipinski definition) is 1. The highest BCUT2D eigenvalue weighted by Crippen LogP contribution is 2.16. The molecule has 0 aliphatic carbocycles. The van der Waals surface area contributed by atoms with Gasteiger partial charge in [-0.05, 0) is 6.92 Å². The summed E-state index contributed by atoms with van der Waals surface area (Å²) < 4.78 is 30.7. The Bertz CT molecular complexity index is 402. The molecule has 0 spiro atoms. The molecule has 0 bridgehead atoms. The van der Waals surface area contributed by atoms with Crippen molar-refractivity contribution < 1.29 is 13.2 Å². The number of methoxy groups -OCH3 is 1. The summed E-state index contributed by atoms with van der Waals surface area (Å²) in [5, 5.41) is 6.15. The first-order valence-electron chi connectivity index (χ1n) is 5.03. The van der Waals surface area contributed by atoms with Gasteiger partial charge in [0.2, 0.25) is 10.0 Å². The number of ether oxygens (including phenoxy) is 1. The van der Waals surface area contributed by atoms with E-state index in [2.05, 4.69) is 10.2 Å². The van der Waals surface area contributed by atoms with Gasteiger partial charge in [0.15, 0.2) is 0 Å². The second-order valence-electron chi connectivity index (χ2n) is 3.45. The van der Waals surface area contributed by atoms with Gasteiger partial charge in [-0.2, -0.15) is 9.40 Å². The number of aromatic amines is 1. The van der Waals surface area contributed by atoms with E-state index in [1.54, 1.807) is 14.0 Å². The fraction of sp³-hybridized carbons (Fsp3) is 0.667. The van der Waals surface area contributed by atoms with Crippen molar-refractivity contribution in [2.75, 3.05) is 20.3 Å². The molecule has 0 aromatic carbocycles. The third-order valence-electron chi connectivity index (χ3n) is 2.29. The number of hydrogen-bond acceptors (Lipinski definition) is 4. The molecule has 6 nitrogen and oxygen atoms in total. The molecule has 0 fully saturated rings. The minimum Gasteiger partial charge on any atom is -0.383 e. The molecule has 1 N–H and O–H groups in total. The van der Waals surface area contributed by atoms with E-state index in [0.717, 1.165) is 0 Å². The number of nitrogens with zero attached hydrogens (tertiary/aromatic N) is 2. The van der Waals surface area contributed by atoms with Crippen molar-refractivity contribution in [1.82, 2.24) is 14.5 Å². The summed E-state index contributed by atoms with van der Waals surface area (Å²) in [6, 6.07) is -0.199. The van der Waals surface area contributed by atoms with E-state index >= 15 is 0 Å². The Kier molecular flexibility index (Phi) is 4.45. The SMILES string of the molecule is CCN(C(C)COC)S(=O)(=O)c1cn[nH]c1. The normalized spacial score (nSPS) is 14.2. The first-order valence-corrected chi connectivity index (χ1v) is 6.47. The standard InChI is InChI=1S/C9H17N3O3S/c1-4-12(8(2)7-15-3)16(13,14)9-5-10-11-6-9/h5-6,8H,4,7H2,1-3H3,(H,10,11). The van der Waals surface area contributed by atoms with Gasteiger partial charge in [-0.15, -0.1) is 0 Å². The van der Waals surface area contributed by atoms with Crippen molar-refractivity contribution in [2.24, 2.45) is 0 Å². The van der Waals surface area contributed by atoms with Crippen molar-refractivity contribution in [3.05, 3.63) is 12.4 Å². The predicted octanol–water partition coefficient (Wildman–Crippen LogP) is 0.455. The number of rotatable bonds is 6. The van der Waals surface area contributed by atoms with Gasteiger partial charge in [0.05, 0.1) is 12.8 Å². The first-order chi connectivity index (χ1) is 7.54. The highest BCUT2D eigenvalue weighted by molar-refractivity contribution is 7.89. The molecule has 1 aromatic heterocycles. The lowest BCUT2D eigenvalue weighted by Gasteiger charge is -2.25. The summed E-state index contributed by atoms with van der Waals surface area (Å²) in [5.74, 6) is 0. The maximum Gasteiger partial charge on any atom is 0.246 e. The Morgan fingerprint density at radius 1 is 1.62 bits per heavy atom. The second-order valence-corrected chi connectivity index (χ2v) is 5.34. The number of aromatic nitrogens is 2. The van der Waals surface area contributed by atoms with Gasteiger partial charge >= 0.3 is 0 Å². The lowest BCUT2D eigenvalue weighted by Crippen LogP contribution is -2.40. The average molecular weight is 247 g/mol. The third-order valence-corrected chi connectivity index (χ3v) is 4.35. The number of sulfonamides is 1. The van der Waals surface area contributed by atoms with E-state index in [1.165, 1.54) is 16.7 Å². The Morgan fingerprint density at radius 3 is 2.75 bits per heavy atom. The van der Waals surface area contributed by atoms with Gasteiger partial charge in [-0.25, -0.2) is 8.42 Å². The molecule has 0 amide bonds. The molecule has 1 unspecified atom stereocenters. The van der Waals surface area contributed by atoms with E-state index in [4.69, 9.17) is 4.74 Å². The minimum atomic E-state index is -3.47. The van der Waals surface area contributed by atoms with Crippen LogP contribution in [0, 0.1) is 0 Å². The molecule has 0 saturated heterocycles. The summed E-state index contributed by atoms with van der Waals surface area (Å²) >= 11 is 0. The second kappa shape index (κ2) is 5.42. The lowest BCUT2D eigenvalue weighted by atomic mass is 10.4. The van der Waals surface area contributed by atoms with Crippen LogP contribution in [-0.4, -0.2) is 49.2 Å². The average Bonchev–Trinajstić information content (AvgIpc) is 2.71. The van der Waals surface area contributed by atoms with E-state index in [1.807, 2.05) is 6.92 Å². The van der Waals surface area contributed by atoms with Gasteiger partial charge in [0.1, 0.15) is 4.90 Å². The molecule has 0 aliphatic heterocycles. The number of H-pyrrole nitrogens is 1. The largest absolute Gasteiger partial charge is 0.383 e. The van der Waals surface area contributed by atoms with E-state index < -0.39 is 10.0 Å². The van der Waals surface area contributed by atoms with Crippen molar-refractivity contribution in [2.45, 2.75) is 24.8 Å².